The summed E-state index contributed by atoms with van der Waals surface area (Å²) in [7, 11) is 1.80. The minimum Gasteiger partial charge on any atom is -0.381 e. The van der Waals surface area contributed by atoms with Crippen molar-refractivity contribution in [1.29, 1.82) is 0 Å². The second kappa shape index (κ2) is 6.80. The minimum absolute atomic E-state index is 0.0240. The molecule has 0 saturated heterocycles. The largest absolute Gasteiger partial charge is 0.381 e. The number of nitrogens with one attached hydrogen (secondary N) is 1. The van der Waals surface area contributed by atoms with Gasteiger partial charge in [0.25, 0.3) is 0 Å². The van der Waals surface area contributed by atoms with E-state index >= 15 is 0 Å². The molecule has 0 aliphatic carbocycles. The summed E-state index contributed by atoms with van der Waals surface area (Å²) in [5, 5.41) is 11.1. The Kier molecular flexibility index (Phi) is 6.52. The molecule has 0 aliphatic heterocycles. The molecule has 0 aromatic carbocycles. The monoisotopic (exact) mass is 216 g/mol. The molecule has 0 atom stereocenters. The van der Waals surface area contributed by atoms with E-state index in [4.69, 9.17) is 5.11 Å². The van der Waals surface area contributed by atoms with Crippen molar-refractivity contribution in [2.24, 2.45) is 5.41 Å². The Hall–Kier alpha value is -0.610. The summed E-state index contributed by atoms with van der Waals surface area (Å²) in [5.74, 6) is 0.0240. The summed E-state index contributed by atoms with van der Waals surface area (Å²) in [6, 6.07) is 0. The number of rotatable bonds is 7. The maximum absolute atomic E-state index is 11.5. The number of nitrogens with zero attached hydrogens (tertiary/aromatic N) is 1. The van der Waals surface area contributed by atoms with E-state index in [2.05, 4.69) is 26.1 Å². The topological polar surface area (TPSA) is 52.6 Å². The lowest BCUT2D eigenvalue weighted by atomic mass is 9.86. The molecular weight excluding hydrogens is 192 g/mol. The number of aliphatic hydroxyl groups excluding tert-OH is 1. The first-order valence-electron chi connectivity index (χ1n) is 5.48. The summed E-state index contributed by atoms with van der Waals surface area (Å²) in [6.07, 6.45) is 2.12. The van der Waals surface area contributed by atoms with E-state index in [1.54, 1.807) is 11.9 Å². The van der Waals surface area contributed by atoms with Gasteiger partial charge in [0.2, 0.25) is 5.91 Å². The van der Waals surface area contributed by atoms with Gasteiger partial charge in [-0.1, -0.05) is 27.2 Å². The lowest BCUT2D eigenvalue weighted by molar-refractivity contribution is -0.129. The van der Waals surface area contributed by atoms with Gasteiger partial charge < -0.3 is 10.0 Å². The van der Waals surface area contributed by atoms with Crippen LogP contribution in [-0.2, 0) is 4.79 Å². The molecule has 0 aliphatic rings. The van der Waals surface area contributed by atoms with Gasteiger partial charge in [-0.2, -0.15) is 0 Å². The zero-order chi connectivity index (χ0) is 11.9. The molecule has 1 amide bonds. The Bertz CT molecular complexity index is 193. The Labute approximate surface area is 92.7 Å². The molecule has 0 aromatic heterocycles. The third-order valence-corrected chi connectivity index (χ3v) is 2.89. The van der Waals surface area contributed by atoms with Gasteiger partial charge in [-0.3, -0.25) is 10.1 Å². The van der Waals surface area contributed by atoms with Crippen LogP contribution >= 0.6 is 0 Å². The fraction of sp³-hybridized carbons (Fsp3) is 0.909. The zero-order valence-corrected chi connectivity index (χ0v) is 10.3. The normalized spacial score (nSPS) is 11.5. The molecule has 0 spiro atoms. The molecule has 0 saturated carbocycles. The number of hydrogen-bond donors (Lipinski definition) is 2. The minimum atomic E-state index is -0.153. The maximum atomic E-state index is 11.5. The van der Waals surface area contributed by atoms with Crippen molar-refractivity contribution in [2.45, 2.75) is 33.6 Å². The predicted octanol–water partition coefficient (Wildman–Crippen LogP) is 0.810. The van der Waals surface area contributed by atoms with Crippen molar-refractivity contribution in [3.8, 4) is 0 Å². The first kappa shape index (κ1) is 14.4. The average Bonchev–Trinajstić information content (AvgIpc) is 2.22. The molecular formula is C11H24N2O2. The van der Waals surface area contributed by atoms with Crippen LogP contribution in [0.1, 0.15) is 33.6 Å². The molecule has 0 bridgehead atoms. The van der Waals surface area contributed by atoms with Crippen LogP contribution in [-0.4, -0.2) is 42.8 Å². The molecule has 4 nitrogen and oxygen atoms in total. The van der Waals surface area contributed by atoms with E-state index in [0.29, 0.717) is 5.41 Å². The van der Waals surface area contributed by atoms with E-state index in [9.17, 15) is 4.79 Å². The van der Waals surface area contributed by atoms with Gasteiger partial charge in [0.05, 0.1) is 13.3 Å². The van der Waals surface area contributed by atoms with Gasteiger partial charge in [0.15, 0.2) is 0 Å². The van der Waals surface area contributed by atoms with Crippen LogP contribution in [0, 0.1) is 5.41 Å². The van der Waals surface area contributed by atoms with E-state index in [0.717, 1.165) is 19.4 Å². The second-order valence-electron chi connectivity index (χ2n) is 4.67. The highest BCUT2D eigenvalue weighted by molar-refractivity contribution is 5.77. The van der Waals surface area contributed by atoms with Crippen LogP contribution in [0.15, 0.2) is 0 Å². The SMILES string of the molecule is CCC(C)(C)CCN(C)C(=O)CNCO. The lowest BCUT2D eigenvalue weighted by Crippen LogP contribution is -2.37. The van der Waals surface area contributed by atoms with Crippen molar-refractivity contribution >= 4 is 5.91 Å². The van der Waals surface area contributed by atoms with E-state index in [1.165, 1.54) is 0 Å². The van der Waals surface area contributed by atoms with Gasteiger partial charge in [-0.25, -0.2) is 0 Å². The zero-order valence-electron chi connectivity index (χ0n) is 10.3. The third kappa shape index (κ3) is 6.47. The number of carbonyl (C=O) groups is 1. The van der Waals surface area contributed by atoms with Crippen LogP contribution in [0.5, 0.6) is 0 Å². The summed E-state index contributed by atoms with van der Waals surface area (Å²) < 4.78 is 0. The van der Waals surface area contributed by atoms with Crippen LogP contribution in [0.4, 0.5) is 0 Å². The molecule has 0 heterocycles. The Morgan fingerprint density at radius 3 is 2.53 bits per heavy atom. The van der Waals surface area contributed by atoms with Gasteiger partial charge in [-0.15, -0.1) is 0 Å². The Balaban J connectivity index is 3.82. The smallest absolute Gasteiger partial charge is 0.236 e. The van der Waals surface area contributed by atoms with Gasteiger partial charge >= 0.3 is 0 Å². The Morgan fingerprint density at radius 2 is 2.07 bits per heavy atom. The molecule has 2 N–H and O–H groups in total. The maximum Gasteiger partial charge on any atom is 0.236 e. The van der Waals surface area contributed by atoms with Crippen molar-refractivity contribution < 1.29 is 9.90 Å². The van der Waals surface area contributed by atoms with Crippen molar-refractivity contribution in [1.82, 2.24) is 10.2 Å². The van der Waals surface area contributed by atoms with Crippen molar-refractivity contribution in [3.05, 3.63) is 0 Å². The number of aliphatic hydroxyl groups is 1. The fourth-order valence-electron chi connectivity index (χ4n) is 1.07. The fourth-order valence-corrected chi connectivity index (χ4v) is 1.07. The first-order valence-corrected chi connectivity index (χ1v) is 5.48. The quantitative estimate of drug-likeness (QED) is 0.619. The Morgan fingerprint density at radius 1 is 1.47 bits per heavy atom. The molecule has 0 fully saturated rings. The van der Waals surface area contributed by atoms with E-state index in [-0.39, 0.29) is 19.2 Å². The summed E-state index contributed by atoms with van der Waals surface area (Å²) >= 11 is 0. The summed E-state index contributed by atoms with van der Waals surface area (Å²) in [6.45, 7) is 7.40. The van der Waals surface area contributed by atoms with Crippen LogP contribution < -0.4 is 5.32 Å². The second-order valence-corrected chi connectivity index (χ2v) is 4.67. The number of amides is 1. The number of carbonyl (C=O) groups excluding carboxylic acids is 1. The van der Waals surface area contributed by atoms with Crippen molar-refractivity contribution in [2.75, 3.05) is 26.9 Å². The highest BCUT2D eigenvalue weighted by Crippen LogP contribution is 2.24. The van der Waals surface area contributed by atoms with Gasteiger partial charge in [0.1, 0.15) is 0 Å². The first-order chi connectivity index (χ1) is 6.93. The number of hydrogen-bond acceptors (Lipinski definition) is 3. The molecule has 0 radical (unpaired) electrons. The molecule has 90 valence electrons. The van der Waals surface area contributed by atoms with E-state index < -0.39 is 0 Å². The van der Waals surface area contributed by atoms with E-state index in [1.807, 2.05) is 0 Å². The lowest BCUT2D eigenvalue weighted by Gasteiger charge is -2.26. The molecule has 0 unspecified atom stereocenters. The average molecular weight is 216 g/mol. The molecule has 0 aromatic rings. The van der Waals surface area contributed by atoms with Crippen molar-refractivity contribution in [3.63, 3.8) is 0 Å². The molecule has 4 heteroatoms. The van der Waals surface area contributed by atoms with Gasteiger partial charge in [-0.05, 0) is 11.8 Å². The predicted molar refractivity (Wildman–Crippen MR) is 61.4 cm³/mol. The number of likely N-dealkylation sites (N-methyl/N-ethyl adjacent to an activating group) is 1. The standard InChI is InChI=1S/C11H24N2O2/c1-5-11(2,3)6-7-13(4)10(15)8-12-9-14/h12,14H,5-9H2,1-4H3. The van der Waals surface area contributed by atoms with Gasteiger partial charge in [0, 0.05) is 13.6 Å². The van der Waals surface area contributed by atoms with Crippen LogP contribution in [0.2, 0.25) is 0 Å². The molecule has 15 heavy (non-hydrogen) atoms. The highest BCUT2D eigenvalue weighted by Gasteiger charge is 2.17. The van der Waals surface area contributed by atoms with Crippen LogP contribution in [0.3, 0.4) is 0 Å². The van der Waals surface area contributed by atoms with Crippen LogP contribution in [0.25, 0.3) is 0 Å². The summed E-state index contributed by atoms with van der Waals surface area (Å²) in [4.78, 5) is 13.2. The third-order valence-electron chi connectivity index (χ3n) is 2.89. The highest BCUT2D eigenvalue weighted by atomic mass is 16.3. The summed E-state index contributed by atoms with van der Waals surface area (Å²) in [5.41, 5.74) is 0.291. The molecule has 0 rings (SSSR count).